The Morgan fingerprint density at radius 1 is 1.47 bits per heavy atom. The summed E-state index contributed by atoms with van der Waals surface area (Å²) in [6.45, 7) is 3.96. The molecule has 0 amide bonds. The molecule has 1 atom stereocenters. The van der Waals surface area contributed by atoms with Crippen molar-refractivity contribution in [1.29, 1.82) is 0 Å². The zero-order chi connectivity index (χ0) is 13.1. The summed E-state index contributed by atoms with van der Waals surface area (Å²) in [4.78, 5) is 0.686. The average Bonchev–Trinajstić information content (AvgIpc) is 2.29. The minimum Gasteiger partial charge on any atom is -0.398 e. The summed E-state index contributed by atoms with van der Waals surface area (Å²) >= 11 is 3.35. The minimum absolute atomic E-state index is 0.254. The van der Waals surface area contributed by atoms with Crippen LogP contribution < -0.4 is 5.73 Å². The van der Waals surface area contributed by atoms with E-state index in [1.54, 1.807) is 13.2 Å². The Morgan fingerprint density at radius 2 is 2.12 bits per heavy atom. The van der Waals surface area contributed by atoms with Crippen LogP contribution in [0.2, 0.25) is 0 Å². The van der Waals surface area contributed by atoms with Crippen molar-refractivity contribution in [2.75, 3.05) is 18.6 Å². The predicted octanol–water partition coefficient (Wildman–Crippen LogP) is 2.95. The van der Waals surface area contributed by atoms with Gasteiger partial charge in [-0.05, 0) is 38.5 Å². The maximum absolute atomic E-state index is 12.1. The van der Waals surface area contributed by atoms with Crippen molar-refractivity contribution >= 4 is 32.4 Å². The second kappa shape index (κ2) is 5.98. The van der Waals surface area contributed by atoms with Crippen LogP contribution >= 0.6 is 15.9 Å². The van der Waals surface area contributed by atoms with Crippen molar-refractivity contribution < 1.29 is 8.95 Å². The highest BCUT2D eigenvalue weighted by Gasteiger charge is 2.19. The number of anilines is 1. The van der Waals surface area contributed by atoms with Gasteiger partial charge >= 0.3 is 0 Å². The molecule has 0 aliphatic carbocycles. The minimum atomic E-state index is -1.09. The molecule has 0 aliphatic heterocycles. The third-order valence-corrected chi connectivity index (χ3v) is 4.58. The molecule has 0 bridgehead atoms. The lowest BCUT2D eigenvalue weighted by Gasteiger charge is -2.22. The smallest absolute Gasteiger partial charge is 0.0631 e. The predicted molar refractivity (Wildman–Crippen MR) is 75.5 cm³/mol. The van der Waals surface area contributed by atoms with E-state index in [1.165, 1.54) is 0 Å². The van der Waals surface area contributed by atoms with Crippen molar-refractivity contribution in [2.24, 2.45) is 0 Å². The maximum atomic E-state index is 12.1. The van der Waals surface area contributed by atoms with Gasteiger partial charge in [-0.25, -0.2) is 0 Å². The van der Waals surface area contributed by atoms with Crippen LogP contribution in [0.5, 0.6) is 0 Å². The fraction of sp³-hybridized carbons (Fsp3) is 0.500. The van der Waals surface area contributed by atoms with Crippen molar-refractivity contribution in [1.82, 2.24) is 0 Å². The first-order valence-electron chi connectivity index (χ1n) is 5.34. The van der Waals surface area contributed by atoms with Gasteiger partial charge in [-0.2, -0.15) is 0 Å². The van der Waals surface area contributed by atoms with Crippen LogP contribution in [-0.2, 0) is 15.5 Å². The molecule has 1 aromatic carbocycles. The number of nitrogens with two attached hydrogens (primary N) is 1. The van der Waals surface area contributed by atoms with Crippen molar-refractivity contribution in [3.05, 3.63) is 22.7 Å². The quantitative estimate of drug-likeness (QED) is 0.849. The molecule has 5 heteroatoms. The van der Waals surface area contributed by atoms with E-state index in [9.17, 15) is 4.21 Å². The molecule has 0 saturated heterocycles. The summed E-state index contributed by atoms with van der Waals surface area (Å²) in [6, 6.07) is 5.42. The fourth-order valence-corrected chi connectivity index (χ4v) is 3.25. The molecule has 0 radical (unpaired) electrons. The average molecular weight is 320 g/mol. The molecule has 0 spiro atoms. The van der Waals surface area contributed by atoms with Crippen LogP contribution in [-0.4, -0.2) is 22.7 Å². The molecule has 2 N–H and O–H groups in total. The molecule has 0 fully saturated rings. The topological polar surface area (TPSA) is 52.3 Å². The Kier molecular flexibility index (Phi) is 5.16. The highest BCUT2D eigenvalue weighted by Crippen LogP contribution is 2.23. The highest BCUT2D eigenvalue weighted by atomic mass is 79.9. The number of halogens is 1. The van der Waals surface area contributed by atoms with E-state index in [0.717, 1.165) is 10.9 Å². The fourth-order valence-electron chi connectivity index (χ4n) is 1.26. The normalized spacial score (nSPS) is 13.6. The first kappa shape index (κ1) is 14.7. The van der Waals surface area contributed by atoms with E-state index in [4.69, 9.17) is 10.5 Å². The Hall–Kier alpha value is -0.390. The van der Waals surface area contributed by atoms with E-state index < -0.39 is 10.8 Å². The van der Waals surface area contributed by atoms with Gasteiger partial charge < -0.3 is 10.5 Å². The summed E-state index contributed by atoms with van der Waals surface area (Å²) < 4.78 is 18.3. The molecule has 1 aromatic rings. The summed E-state index contributed by atoms with van der Waals surface area (Å²) in [7, 11) is 0.575. The third kappa shape index (κ3) is 4.41. The molecule has 96 valence electrons. The zero-order valence-corrected chi connectivity index (χ0v) is 12.7. The Bertz CT molecular complexity index is 421. The standard InChI is InChI=1S/C12H18BrNO2S/c1-12(2,16-3)6-7-17(15)11-8-9(13)4-5-10(11)14/h4-5,8H,6-7,14H2,1-3H3. The van der Waals surface area contributed by atoms with Gasteiger partial charge in [0.25, 0.3) is 0 Å². The highest BCUT2D eigenvalue weighted by molar-refractivity contribution is 9.10. The molecule has 0 heterocycles. The van der Waals surface area contributed by atoms with Gasteiger partial charge in [-0.3, -0.25) is 4.21 Å². The molecule has 0 saturated carbocycles. The third-order valence-electron chi connectivity index (χ3n) is 2.66. The van der Waals surface area contributed by atoms with Crippen LogP contribution in [0, 0.1) is 0 Å². The summed E-state index contributed by atoms with van der Waals surface area (Å²) in [5.41, 5.74) is 6.13. The number of rotatable bonds is 5. The van der Waals surface area contributed by atoms with Crippen LogP contribution in [0.1, 0.15) is 20.3 Å². The number of nitrogen functional groups attached to an aromatic ring is 1. The Balaban J connectivity index is 2.74. The van der Waals surface area contributed by atoms with Crippen molar-refractivity contribution in [3.63, 3.8) is 0 Å². The molecule has 0 aliphatic rings. The van der Waals surface area contributed by atoms with Crippen LogP contribution in [0.15, 0.2) is 27.6 Å². The largest absolute Gasteiger partial charge is 0.398 e. The second-order valence-electron chi connectivity index (χ2n) is 4.45. The monoisotopic (exact) mass is 319 g/mol. The summed E-state index contributed by atoms with van der Waals surface area (Å²) in [5, 5.41) is 0. The maximum Gasteiger partial charge on any atom is 0.0631 e. The lowest BCUT2D eigenvalue weighted by Crippen LogP contribution is -2.25. The first-order valence-corrected chi connectivity index (χ1v) is 7.45. The van der Waals surface area contributed by atoms with Gasteiger partial charge in [-0.15, -0.1) is 0 Å². The zero-order valence-electron chi connectivity index (χ0n) is 10.3. The molecule has 0 aromatic heterocycles. The Labute approximate surface area is 113 Å². The van der Waals surface area contributed by atoms with E-state index in [0.29, 0.717) is 16.3 Å². The van der Waals surface area contributed by atoms with Gasteiger partial charge in [0.05, 0.1) is 21.3 Å². The number of benzene rings is 1. The van der Waals surface area contributed by atoms with E-state index in [1.807, 2.05) is 26.0 Å². The Morgan fingerprint density at radius 3 is 2.71 bits per heavy atom. The lowest BCUT2D eigenvalue weighted by atomic mass is 10.1. The summed E-state index contributed by atoms with van der Waals surface area (Å²) in [6.07, 6.45) is 0.724. The lowest BCUT2D eigenvalue weighted by molar-refractivity contribution is 0.0205. The first-order chi connectivity index (χ1) is 7.85. The molecule has 1 unspecified atom stereocenters. The van der Waals surface area contributed by atoms with Gasteiger partial charge in [0.15, 0.2) is 0 Å². The molecular weight excluding hydrogens is 302 g/mol. The molecule has 1 rings (SSSR count). The molecule has 3 nitrogen and oxygen atoms in total. The van der Waals surface area contributed by atoms with E-state index in [-0.39, 0.29) is 5.60 Å². The molecular formula is C12H18BrNO2S. The van der Waals surface area contributed by atoms with Crippen molar-refractivity contribution in [2.45, 2.75) is 30.8 Å². The molecule has 17 heavy (non-hydrogen) atoms. The second-order valence-corrected chi connectivity index (χ2v) is 6.90. The SMILES string of the molecule is COC(C)(C)CCS(=O)c1cc(Br)ccc1N. The summed E-state index contributed by atoms with van der Waals surface area (Å²) in [5.74, 6) is 0.543. The van der Waals surface area contributed by atoms with Crippen LogP contribution in [0.25, 0.3) is 0 Å². The number of ether oxygens (including phenoxy) is 1. The van der Waals surface area contributed by atoms with Gasteiger partial charge in [0, 0.05) is 23.0 Å². The number of hydrogen-bond acceptors (Lipinski definition) is 3. The van der Waals surface area contributed by atoms with Crippen molar-refractivity contribution in [3.8, 4) is 0 Å². The number of hydrogen-bond donors (Lipinski definition) is 1. The van der Waals surface area contributed by atoms with E-state index in [2.05, 4.69) is 15.9 Å². The van der Waals surface area contributed by atoms with Gasteiger partial charge in [-0.1, -0.05) is 15.9 Å². The van der Waals surface area contributed by atoms with Crippen LogP contribution in [0.3, 0.4) is 0 Å². The van der Waals surface area contributed by atoms with Gasteiger partial charge in [0.1, 0.15) is 0 Å². The number of methoxy groups -OCH3 is 1. The van der Waals surface area contributed by atoms with Crippen LogP contribution in [0.4, 0.5) is 5.69 Å². The van der Waals surface area contributed by atoms with Gasteiger partial charge in [0.2, 0.25) is 0 Å². The van der Waals surface area contributed by atoms with E-state index >= 15 is 0 Å².